The molecule has 5 nitrogen and oxygen atoms in total. The number of morpholine rings is 1. The first-order valence-electron chi connectivity index (χ1n) is 7.96. The van der Waals surface area contributed by atoms with E-state index in [-0.39, 0.29) is 5.91 Å². The number of amides is 1. The number of carbonyl (C=O) groups excluding carboxylic acids is 1. The Morgan fingerprint density at radius 2 is 2.12 bits per heavy atom. The van der Waals surface area contributed by atoms with E-state index in [0.29, 0.717) is 17.3 Å². The Morgan fingerprint density at radius 1 is 1.38 bits per heavy atom. The molecule has 1 N–H and O–H groups in total. The molecule has 1 aliphatic heterocycles. The highest BCUT2D eigenvalue weighted by atomic mass is 35.5. The van der Waals surface area contributed by atoms with Gasteiger partial charge in [0.1, 0.15) is 5.69 Å². The van der Waals surface area contributed by atoms with Crippen molar-refractivity contribution in [2.75, 3.05) is 39.4 Å². The predicted molar refractivity (Wildman–Crippen MR) is 96.9 cm³/mol. The van der Waals surface area contributed by atoms with Crippen LogP contribution in [0.5, 0.6) is 0 Å². The van der Waals surface area contributed by atoms with Crippen molar-refractivity contribution < 1.29 is 9.53 Å². The molecular formula is C17H20ClN3O2S. The molecule has 0 saturated carbocycles. The average Bonchev–Trinajstić information content (AvgIpc) is 2.98. The molecule has 0 bridgehead atoms. The smallest absolute Gasteiger partial charge is 0.271 e. The summed E-state index contributed by atoms with van der Waals surface area (Å²) >= 11 is 7.77. The fraction of sp³-hybridized carbons (Fsp3) is 0.412. The zero-order chi connectivity index (χ0) is 16.9. The molecule has 1 saturated heterocycles. The summed E-state index contributed by atoms with van der Waals surface area (Å²) < 4.78 is 5.32. The zero-order valence-electron chi connectivity index (χ0n) is 13.5. The summed E-state index contributed by atoms with van der Waals surface area (Å²) in [4.78, 5) is 20.1. The SMILES string of the molecule is Cc1nc(C(=O)NCCN2CCOCC2)c(-c2ccccc2Cl)s1. The third-order valence-electron chi connectivity index (χ3n) is 3.88. The summed E-state index contributed by atoms with van der Waals surface area (Å²) in [6.07, 6.45) is 0. The highest BCUT2D eigenvalue weighted by Crippen LogP contribution is 2.34. The Hall–Kier alpha value is -1.47. The van der Waals surface area contributed by atoms with Crippen LogP contribution in [-0.2, 0) is 4.74 Å². The molecule has 0 atom stereocenters. The Balaban J connectivity index is 1.68. The first kappa shape index (κ1) is 17.4. The van der Waals surface area contributed by atoms with Crippen molar-refractivity contribution in [3.63, 3.8) is 0 Å². The Bertz CT molecular complexity index is 714. The van der Waals surface area contributed by atoms with Gasteiger partial charge in [-0.25, -0.2) is 4.98 Å². The molecule has 0 radical (unpaired) electrons. The van der Waals surface area contributed by atoms with E-state index in [9.17, 15) is 4.79 Å². The molecule has 24 heavy (non-hydrogen) atoms. The van der Waals surface area contributed by atoms with E-state index in [1.54, 1.807) is 0 Å². The molecule has 3 rings (SSSR count). The third-order valence-corrected chi connectivity index (χ3v) is 5.22. The molecule has 1 aliphatic rings. The second-order valence-electron chi connectivity index (χ2n) is 5.60. The summed E-state index contributed by atoms with van der Waals surface area (Å²) in [5.41, 5.74) is 1.30. The third kappa shape index (κ3) is 4.13. The van der Waals surface area contributed by atoms with Crippen molar-refractivity contribution in [2.45, 2.75) is 6.92 Å². The summed E-state index contributed by atoms with van der Waals surface area (Å²) in [5, 5.41) is 4.45. The fourth-order valence-electron chi connectivity index (χ4n) is 2.64. The van der Waals surface area contributed by atoms with E-state index in [1.807, 2.05) is 31.2 Å². The summed E-state index contributed by atoms with van der Waals surface area (Å²) in [5.74, 6) is -0.150. The number of rotatable bonds is 5. The lowest BCUT2D eigenvalue weighted by molar-refractivity contribution is 0.0383. The lowest BCUT2D eigenvalue weighted by atomic mass is 10.1. The van der Waals surface area contributed by atoms with E-state index < -0.39 is 0 Å². The van der Waals surface area contributed by atoms with Crippen LogP contribution in [0.1, 0.15) is 15.5 Å². The van der Waals surface area contributed by atoms with E-state index >= 15 is 0 Å². The average molecular weight is 366 g/mol. The number of ether oxygens (including phenoxy) is 1. The number of aromatic nitrogens is 1. The van der Waals surface area contributed by atoms with Crippen LogP contribution in [-0.4, -0.2) is 55.2 Å². The standard InChI is InChI=1S/C17H20ClN3O2S/c1-12-20-15(16(24-12)13-4-2-3-5-14(13)18)17(22)19-6-7-21-8-10-23-11-9-21/h2-5H,6-11H2,1H3,(H,19,22). The minimum Gasteiger partial charge on any atom is -0.379 e. The van der Waals surface area contributed by atoms with Crippen LogP contribution in [0.25, 0.3) is 10.4 Å². The normalized spacial score (nSPS) is 15.4. The van der Waals surface area contributed by atoms with Gasteiger partial charge in [0.05, 0.1) is 23.1 Å². The molecule has 1 fully saturated rings. The molecule has 2 aromatic rings. The van der Waals surface area contributed by atoms with Gasteiger partial charge in [-0.05, 0) is 13.0 Å². The largest absolute Gasteiger partial charge is 0.379 e. The van der Waals surface area contributed by atoms with Crippen molar-refractivity contribution in [1.29, 1.82) is 0 Å². The van der Waals surface area contributed by atoms with Crippen LogP contribution in [0.4, 0.5) is 0 Å². The predicted octanol–water partition coefficient (Wildman–Crippen LogP) is 2.83. The molecule has 1 amide bonds. The molecule has 1 aromatic heterocycles. The second-order valence-corrected chi connectivity index (χ2v) is 7.21. The fourth-order valence-corrected chi connectivity index (χ4v) is 3.89. The van der Waals surface area contributed by atoms with Gasteiger partial charge in [-0.15, -0.1) is 11.3 Å². The highest BCUT2D eigenvalue weighted by molar-refractivity contribution is 7.15. The monoisotopic (exact) mass is 365 g/mol. The quantitative estimate of drug-likeness (QED) is 0.885. The van der Waals surface area contributed by atoms with Crippen LogP contribution in [0.3, 0.4) is 0 Å². The van der Waals surface area contributed by atoms with Gasteiger partial charge in [0, 0.05) is 36.8 Å². The first-order chi connectivity index (χ1) is 11.6. The van der Waals surface area contributed by atoms with Crippen molar-refractivity contribution in [1.82, 2.24) is 15.2 Å². The van der Waals surface area contributed by atoms with Gasteiger partial charge < -0.3 is 10.1 Å². The van der Waals surface area contributed by atoms with Crippen LogP contribution in [0.2, 0.25) is 5.02 Å². The Kier molecular flexibility index (Phi) is 5.84. The van der Waals surface area contributed by atoms with Gasteiger partial charge in [0.25, 0.3) is 5.91 Å². The number of halogens is 1. The number of benzene rings is 1. The number of thiazole rings is 1. The van der Waals surface area contributed by atoms with E-state index in [2.05, 4.69) is 15.2 Å². The lowest BCUT2D eigenvalue weighted by Crippen LogP contribution is -2.41. The van der Waals surface area contributed by atoms with Crippen LogP contribution in [0.15, 0.2) is 24.3 Å². The van der Waals surface area contributed by atoms with Gasteiger partial charge in [-0.2, -0.15) is 0 Å². The van der Waals surface area contributed by atoms with Gasteiger partial charge in [-0.1, -0.05) is 29.8 Å². The number of aryl methyl sites for hydroxylation is 1. The maximum atomic E-state index is 12.6. The minimum absolute atomic E-state index is 0.150. The highest BCUT2D eigenvalue weighted by Gasteiger charge is 2.20. The molecule has 0 aliphatic carbocycles. The van der Waals surface area contributed by atoms with Gasteiger partial charge in [-0.3, -0.25) is 9.69 Å². The first-order valence-corrected chi connectivity index (χ1v) is 9.15. The number of carbonyl (C=O) groups is 1. The number of nitrogens with one attached hydrogen (secondary N) is 1. The van der Waals surface area contributed by atoms with Crippen LogP contribution < -0.4 is 5.32 Å². The van der Waals surface area contributed by atoms with E-state index in [0.717, 1.165) is 48.3 Å². The molecule has 1 aromatic carbocycles. The van der Waals surface area contributed by atoms with E-state index in [1.165, 1.54) is 11.3 Å². The van der Waals surface area contributed by atoms with Crippen molar-refractivity contribution in [3.05, 3.63) is 40.0 Å². The van der Waals surface area contributed by atoms with E-state index in [4.69, 9.17) is 16.3 Å². The molecular weight excluding hydrogens is 346 g/mol. The number of nitrogens with zero attached hydrogens (tertiary/aromatic N) is 2. The molecule has 0 spiro atoms. The van der Waals surface area contributed by atoms with Crippen molar-refractivity contribution >= 4 is 28.8 Å². The Labute approximate surface area is 150 Å². The van der Waals surface area contributed by atoms with Crippen molar-refractivity contribution in [2.24, 2.45) is 0 Å². The molecule has 7 heteroatoms. The van der Waals surface area contributed by atoms with Crippen LogP contribution in [0, 0.1) is 6.92 Å². The zero-order valence-corrected chi connectivity index (χ0v) is 15.1. The number of hydrogen-bond acceptors (Lipinski definition) is 5. The molecule has 128 valence electrons. The van der Waals surface area contributed by atoms with Crippen LogP contribution >= 0.6 is 22.9 Å². The summed E-state index contributed by atoms with van der Waals surface area (Å²) in [6, 6.07) is 7.53. The maximum Gasteiger partial charge on any atom is 0.271 e. The Morgan fingerprint density at radius 3 is 2.88 bits per heavy atom. The molecule has 2 heterocycles. The van der Waals surface area contributed by atoms with Gasteiger partial charge in [0.15, 0.2) is 0 Å². The number of hydrogen-bond donors (Lipinski definition) is 1. The second kappa shape index (κ2) is 8.07. The van der Waals surface area contributed by atoms with Gasteiger partial charge in [0.2, 0.25) is 0 Å². The van der Waals surface area contributed by atoms with Gasteiger partial charge >= 0.3 is 0 Å². The lowest BCUT2D eigenvalue weighted by Gasteiger charge is -2.26. The van der Waals surface area contributed by atoms with Crippen molar-refractivity contribution in [3.8, 4) is 10.4 Å². The maximum absolute atomic E-state index is 12.6. The minimum atomic E-state index is -0.150. The molecule has 0 unspecified atom stereocenters. The summed E-state index contributed by atoms with van der Waals surface area (Å²) in [6.45, 7) is 6.66. The topological polar surface area (TPSA) is 54.5 Å². The summed E-state index contributed by atoms with van der Waals surface area (Å²) in [7, 11) is 0.